The van der Waals surface area contributed by atoms with Gasteiger partial charge in [0.1, 0.15) is 5.75 Å². The fraction of sp³-hybridized carbons (Fsp3) is 0.250. The van der Waals surface area contributed by atoms with Crippen LogP contribution >= 0.6 is 0 Å². The molecule has 1 unspecified atom stereocenters. The Morgan fingerprint density at radius 1 is 1.11 bits per heavy atom. The molecule has 35 heavy (non-hydrogen) atoms. The lowest BCUT2D eigenvalue weighted by Gasteiger charge is -2.24. The first-order chi connectivity index (χ1) is 16.9. The lowest BCUT2D eigenvalue weighted by Crippen LogP contribution is -2.41. The third-order valence-corrected chi connectivity index (χ3v) is 6.18. The molecule has 7 heteroatoms. The average molecular weight is 479 g/mol. The second kappa shape index (κ2) is 10.7. The summed E-state index contributed by atoms with van der Waals surface area (Å²) >= 11 is 0. The lowest BCUT2D eigenvalue weighted by atomic mass is 9.93. The summed E-state index contributed by atoms with van der Waals surface area (Å²) in [6.07, 6.45) is 2.62. The Balaban J connectivity index is 1.66. The molecular formula is C28H28F2N2O3. The number of hydrogen-bond donors (Lipinski definition) is 3. The van der Waals surface area contributed by atoms with Crippen molar-refractivity contribution in [2.75, 3.05) is 13.2 Å². The third-order valence-electron chi connectivity index (χ3n) is 6.18. The largest absolute Gasteiger partial charge is 0.493 e. The van der Waals surface area contributed by atoms with Crippen LogP contribution in [0.3, 0.4) is 0 Å². The van der Waals surface area contributed by atoms with Crippen molar-refractivity contribution in [3.05, 3.63) is 89.6 Å². The van der Waals surface area contributed by atoms with Crippen LogP contribution in [0.5, 0.6) is 5.75 Å². The summed E-state index contributed by atoms with van der Waals surface area (Å²) in [6.45, 7) is 3.99. The van der Waals surface area contributed by atoms with Gasteiger partial charge in [-0.3, -0.25) is 4.79 Å². The molecule has 0 saturated carbocycles. The predicted octanol–water partition coefficient (Wildman–Crippen LogP) is 5.80. The number of aromatic amines is 1. The maximum absolute atomic E-state index is 14.4. The molecule has 0 bridgehead atoms. The van der Waals surface area contributed by atoms with E-state index in [1.165, 1.54) is 18.2 Å². The Kier molecular flexibility index (Phi) is 7.46. The molecule has 1 heterocycles. The minimum Gasteiger partial charge on any atom is -0.493 e. The van der Waals surface area contributed by atoms with Crippen LogP contribution < -0.4 is 10.1 Å². The van der Waals surface area contributed by atoms with Crippen LogP contribution in [0.1, 0.15) is 42.1 Å². The number of aliphatic hydroxyl groups excluding tert-OH is 1. The van der Waals surface area contributed by atoms with Crippen LogP contribution in [0.2, 0.25) is 0 Å². The first-order valence-electron chi connectivity index (χ1n) is 11.6. The zero-order valence-electron chi connectivity index (χ0n) is 19.6. The number of aromatic nitrogens is 1. The lowest BCUT2D eigenvalue weighted by molar-refractivity contribution is 0.0903. The smallest absolute Gasteiger partial charge is 0.255 e. The number of H-pyrrole nitrogens is 1. The van der Waals surface area contributed by atoms with Crippen LogP contribution in [0, 0.1) is 11.6 Å². The number of rotatable bonds is 9. The van der Waals surface area contributed by atoms with Gasteiger partial charge in [-0.25, -0.2) is 8.78 Å². The Morgan fingerprint density at radius 3 is 2.69 bits per heavy atom. The minimum atomic E-state index is -0.984. The normalized spacial score (nSPS) is 12.9. The van der Waals surface area contributed by atoms with Crippen molar-refractivity contribution in [3.63, 3.8) is 0 Å². The van der Waals surface area contributed by atoms with Gasteiger partial charge >= 0.3 is 0 Å². The molecule has 0 aliphatic rings. The molecule has 2 atom stereocenters. The topological polar surface area (TPSA) is 74.3 Å². The molecule has 0 fully saturated rings. The Hall–Kier alpha value is -3.71. The van der Waals surface area contributed by atoms with Gasteiger partial charge in [0.25, 0.3) is 5.91 Å². The van der Waals surface area contributed by atoms with E-state index in [1.54, 1.807) is 12.1 Å². The van der Waals surface area contributed by atoms with E-state index in [0.717, 1.165) is 29.0 Å². The molecule has 3 N–H and O–H groups in total. The zero-order valence-corrected chi connectivity index (χ0v) is 19.6. The highest BCUT2D eigenvalue weighted by atomic mass is 19.2. The number of para-hydroxylation sites is 1. The Labute approximate surface area is 202 Å². The van der Waals surface area contributed by atoms with Crippen molar-refractivity contribution >= 4 is 16.8 Å². The van der Waals surface area contributed by atoms with E-state index in [1.807, 2.05) is 44.3 Å². The van der Waals surface area contributed by atoms with Gasteiger partial charge < -0.3 is 20.1 Å². The van der Waals surface area contributed by atoms with Gasteiger partial charge in [-0.2, -0.15) is 0 Å². The zero-order chi connectivity index (χ0) is 24.9. The van der Waals surface area contributed by atoms with E-state index < -0.39 is 23.6 Å². The third kappa shape index (κ3) is 5.05. The number of halogens is 2. The number of benzene rings is 3. The highest BCUT2D eigenvalue weighted by Crippen LogP contribution is 2.31. The number of amides is 1. The van der Waals surface area contributed by atoms with Gasteiger partial charge in [0, 0.05) is 28.6 Å². The summed E-state index contributed by atoms with van der Waals surface area (Å²) in [5.41, 5.74) is 2.52. The molecule has 1 aromatic heterocycles. The summed E-state index contributed by atoms with van der Waals surface area (Å²) in [5.74, 6) is -2.29. The first-order valence-corrected chi connectivity index (χ1v) is 11.6. The van der Waals surface area contributed by atoms with Gasteiger partial charge in [0.05, 0.1) is 24.8 Å². The molecule has 182 valence electrons. The van der Waals surface area contributed by atoms with Gasteiger partial charge in [0.2, 0.25) is 0 Å². The maximum Gasteiger partial charge on any atom is 0.255 e. The molecule has 0 aliphatic heterocycles. The number of carbonyl (C=O) groups excluding carboxylic acids is 1. The second-order valence-corrected chi connectivity index (χ2v) is 8.50. The number of fused-ring (bicyclic) bond motifs is 1. The van der Waals surface area contributed by atoms with Gasteiger partial charge in [-0.05, 0) is 41.8 Å². The quantitative estimate of drug-likeness (QED) is 0.285. The van der Waals surface area contributed by atoms with Crippen LogP contribution in [0.4, 0.5) is 8.78 Å². The second-order valence-electron chi connectivity index (χ2n) is 8.50. The predicted molar refractivity (Wildman–Crippen MR) is 133 cm³/mol. The van der Waals surface area contributed by atoms with Gasteiger partial charge in [0.15, 0.2) is 11.6 Å². The number of nitrogens with one attached hydrogen (secondary N) is 2. The molecule has 1 amide bonds. The summed E-state index contributed by atoms with van der Waals surface area (Å²) in [6, 6.07) is 15.8. The average Bonchev–Trinajstić information content (AvgIpc) is 3.31. The Bertz CT molecular complexity index is 1340. The number of aliphatic hydroxyl groups is 1. The van der Waals surface area contributed by atoms with Crippen molar-refractivity contribution in [2.45, 2.75) is 32.2 Å². The van der Waals surface area contributed by atoms with Crippen molar-refractivity contribution in [2.24, 2.45) is 0 Å². The van der Waals surface area contributed by atoms with Crippen LogP contribution in [0.25, 0.3) is 22.0 Å². The summed E-state index contributed by atoms with van der Waals surface area (Å²) in [5, 5.41) is 14.0. The highest BCUT2D eigenvalue weighted by Gasteiger charge is 2.25. The SMILES string of the molecule is CCCOc1ccc(-c2cccc(F)c2F)cc1C(=O)NC(CO)[C@H](C)c1c[nH]c2ccccc12. The molecular weight excluding hydrogens is 450 g/mol. The van der Waals surface area contributed by atoms with E-state index in [2.05, 4.69) is 10.3 Å². The van der Waals surface area contributed by atoms with Crippen LogP contribution in [-0.2, 0) is 0 Å². The van der Waals surface area contributed by atoms with Crippen molar-refractivity contribution in [3.8, 4) is 16.9 Å². The van der Waals surface area contributed by atoms with E-state index in [-0.39, 0.29) is 23.7 Å². The van der Waals surface area contributed by atoms with Crippen molar-refractivity contribution in [1.82, 2.24) is 10.3 Å². The van der Waals surface area contributed by atoms with E-state index >= 15 is 0 Å². The monoisotopic (exact) mass is 478 g/mol. The summed E-state index contributed by atoms with van der Waals surface area (Å²) in [7, 11) is 0. The molecule has 5 nitrogen and oxygen atoms in total. The number of carbonyl (C=O) groups is 1. The Morgan fingerprint density at radius 2 is 1.91 bits per heavy atom. The van der Waals surface area contributed by atoms with Gasteiger partial charge in [-0.1, -0.05) is 50.2 Å². The van der Waals surface area contributed by atoms with E-state index in [0.29, 0.717) is 17.9 Å². The van der Waals surface area contributed by atoms with Crippen molar-refractivity contribution in [1.29, 1.82) is 0 Å². The number of ether oxygens (including phenoxy) is 1. The molecule has 0 aliphatic carbocycles. The first kappa shape index (κ1) is 24.4. The van der Waals surface area contributed by atoms with E-state index in [4.69, 9.17) is 4.74 Å². The fourth-order valence-electron chi connectivity index (χ4n) is 4.20. The van der Waals surface area contributed by atoms with Gasteiger partial charge in [-0.15, -0.1) is 0 Å². The minimum absolute atomic E-state index is 0.0481. The molecule has 3 aromatic carbocycles. The molecule has 4 aromatic rings. The standard InChI is InChI=1S/C28H28F2N2O3/c1-3-13-35-26-12-11-18(19-8-6-9-23(29)27(19)30)14-21(26)28(34)32-25(16-33)17(2)22-15-31-24-10-5-4-7-20(22)24/h4-12,14-15,17,25,31,33H,3,13,16H2,1-2H3,(H,32,34)/t17-,25?/m1/s1. The van der Waals surface area contributed by atoms with Crippen LogP contribution in [0.15, 0.2) is 66.9 Å². The molecule has 4 rings (SSSR count). The summed E-state index contributed by atoms with van der Waals surface area (Å²) < 4.78 is 34.0. The van der Waals surface area contributed by atoms with Crippen LogP contribution in [-0.4, -0.2) is 35.3 Å². The fourth-order valence-corrected chi connectivity index (χ4v) is 4.20. The number of hydrogen-bond acceptors (Lipinski definition) is 3. The van der Waals surface area contributed by atoms with E-state index in [9.17, 15) is 18.7 Å². The molecule has 0 radical (unpaired) electrons. The molecule has 0 saturated heterocycles. The molecule has 0 spiro atoms. The summed E-state index contributed by atoms with van der Waals surface area (Å²) in [4.78, 5) is 16.6. The van der Waals surface area contributed by atoms with Crippen molar-refractivity contribution < 1.29 is 23.4 Å². The maximum atomic E-state index is 14.4. The highest BCUT2D eigenvalue weighted by molar-refractivity contribution is 5.98.